The molecule has 0 amide bonds. The molecule has 0 heterocycles. The second-order valence-electron chi connectivity index (χ2n) is 4.82. The van der Waals surface area contributed by atoms with E-state index < -0.39 is 7.60 Å². The van der Waals surface area contributed by atoms with Gasteiger partial charge in [0, 0.05) is 5.69 Å². The molecule has 6 nitrogen and oxygen atoms in total. The van der Waals surface area contributed by atoms with Gasteiger partial charge in [0.25, 0.3) is 0 Å². The third-order valence-corrected chi connectivity index (χ3v) is 4.88. The van der Waals surface area contributed by atoms with Crippen molar-refractivity contribution in [2.75, 3.05) is 37.8 Å². The molecule has 1 aromatic carbocycles. The first-order valence-electron chi connectivity index (χ1n) is 8.07. The van der Waals surface area contributed by atoms with Crippen LogP contribution in [0, 0.1) is 0 Å². The lowest BCUT2D eigenvalue weighted by Crippen LogP contribution is -2.16. The summed E-state index contributed by atoms with van der Waals surface area (Å²) in [5.74, 6) is -0.298. The van der Waals surface area contributed by atoms with Gasteiger partial charge in [0.05, 0.1) is 26.0 Å². The van der Waals surface area contributed by atoms with Crippen LogP contribution in [0.1, 0.15) is 26.3 Å². The van der Waals surface area contributed by atoms with E-state index in [9.17, 15) is 9.36 Å². The summed E-state index contributed by atoms with van der Waals surface area (Å²) in [5.41, 5.74) is 1.73. The quantitative estimate of drug-likeness (QED) is 0.479. The summed E-state index contributed by atoms with van der Waals surface area (Å²) in [6, 6.07) is 7.54. The van der Waals surface area contributed by atoms with Crippen LogP contribution in [-0.4, -0.2) is 38.5 Å². The number of carbonyl (C=O) groups excluding carboxylic acids is 1. The smallest absolute Gasteiger partial charge is 0.334 e. The third-order valence-electron chi connectivity index (χ3n) is 2.92. The lowest BCUT2D eigenvalue weighted by molar-refractivity contribution is -0.140. The Morgan fingerprint density at radius 2 is 1.88 bits per heavy atom. The molecule has 0 spiro atoms. The van der Waals surface area contributed by atoms with Crippen LogP contribution in [0.3, 0.4) is 0 Å². The highest BCUT2D eigenvalue weighted by Gasteiger charge is 2.20. The van der Waals surface area contributed by atoms with Crippen molar-refractivity contribution >= 4 is 25.3 Å². The number of ether oxygens (including phenoxy) is 1. The monoisotopic (exact) mass is 355 g/mol. The number of esters is 1. The van der Waals surface area contributed by atoms with Crippen molar-refractivity contribution in [3.8, 4) is 0 Å². The number of hydrogen-bond donors (Lipinski definition) is 1. The van der Waals surface area contributed by atoms with E-state index in [-0.39, 0.29) is 18.7 Å². The van der Waals surface area contributed by atoms with E-state index in [0.29, 0.717) is 19.8 Å². The maximum atomic E-state index is 12.3. The van der Waals surface area contributed by atoms with Crippen LogP contribution >= 0.6 is 7.60 Å². The molecule has 0 aliphatic carbocycles. The number of carbonyl (C=O) groups is 1. The summed E-state index contributed by atoms with van der Waals surface area (Å²) in [7, 11) is -3.07. The number of nitrogens with one attached hydrogen (secondary N) is 1. The molecule has 0 aromatic heterocycles. The van der Waals surface area contributed by atoms with Gasteiger partial charge >= 0.3 is 13.6 Å². The van der Waals surface area contributed by atoms with Gasteiger partial charge in [-0.05, 0) is 38.5 Å². The Bertz CT molecular complexity index is 578. The Balaban J connectivity index is 2.63. The average Bonchev–Trinajstić information content (AvgIpc) is 2.54. The lowest BCUT2D eigenvalue weighted by Gasteiger charge is -2.14. The topological polar surface area (TPSA) is 73.9 Å². The van der Waals surface area contributed by atoms with Gasteiger partial charge in [0.15, 0.2) is 0 Å². The van der Waals surface area contributed by atoms with E-state index in [2.05, 4.69) is 5.32 Å². The Kier molecular flexibility index (Phi) is 9.38. The largest absolute Gasteiger partial charge is 0.465 e. The van der Waals surface area contributed by atoms with Crippen molar-refractivity contribution in [3.63, 3.8) is 0 Å². The van der Waals surface area contributed by atoms with Gasteiger partial charge in [0.2, 0.25) is 0 Å². The van der Waals surface area contributed by atoms with Gasteiger partial charge in [-0.25, -0.2) is 0 Å². The molecule has 0 aliphatic heterocycles. The maximum Gasteiger partial charge on any atom is 0.334 e. The zero-order valence-corrected chi connectivity index (χ0v) is 15.4. The van der Waals surface area contributed by atoms with Gasteiger partial charge in [-0.2, -0.15) is 0 Å². The van der Waals surface area contributed by atoms with Crippen molar-refractivity contribution in [3.05, 3.63) is 35.9 Å². The molecule has 1 rings (SSSR count). The summed E-state index contributed by atoms with van der Waals surface area (Å²) in [6.07, 6.45) is 3.84. The van der Waals surface area contributed by atoms with Gasteiger partial charge in [-0.15, -0.1) is 0 Å². The fourth-order valence-electron chi connectivity index (χ4n) is 1.99. The molecule has 7 heteroatoms. The highest BCUT2D eigenvalue weighted by atomic mass is 31.2. The van der Waals surface area contributed by atoms with E-state index >= 15 is 0 Å². The molecular weight excluding hydrogens is 329 g/mol. The standard InChI is InChI=1S/C17H26NO5P/c1-4-21-17(19)14-18-16-11-7-9-15(13-16)10-8-12-24(20,22-5-2)23-6-3/h7-11,13,18H,4-6,12,14H2,1-3H3/b10-8+. The van der Waals surface area contributed by atoms with Crippen LogP contribution in [0.4, 0.5) is 5.69 Å². The summed E-state index contributed by atoms with van der Waals surface area (Å²) in [6.45, 7) is 6.51. The molecule has 0 bridgehead atoms. The van der Waals surface area contributed by atoms with E-state index in [1.165, 1.54) is 0 Å². The first kappa shape index (κ1) is 20.4. The van der Waals surface area contributed by atoms with Gasteiger partial charge < -0.3 is 19.1 Å². The molecule has 0 fully saturated rings. The second-order valence-corrected chi connectivity index (χ2v) is 6.92. The molecule has 0 saturated carbocycles. The molecule has 1 N–H and O–H groups in total. The van der Waals surface area contributed by atoms with E-state index in [0.717, 1.165) is 11.3 Å². The normalized spacial score (nSPS) is 11.6. The van der Waals surface area contributed by atoms with Crippen molar-refractivity contribution < 1.29 is 23.1 Å². The maximum absolute atomic E-state index is 12.3. The Hall–Kier alpha value is -1.62. The van der Waals surface area contributed by atoms with Crippen molar-refractivity contribution in [2.24, 2.45) is 0 Å². The van der Waals surface area contributed by atoms with Crippen LogP contribution < -0.4 is 5.32 Å². The van der Waals surface area contributed by atoms with E-state index in [1.54, 1.807) is 26.8 Å². The minimum Gasteiger partial charge on any atom is -0.465 e. The van der Waals surface area contributed by atoms with Crippen LogP contribution in [0.2, 0.25) is 0 Å². The number of rotatable bonds is 11. The number of allylic oxidation sites excluding steroid dienone is 1. The summed E-state index contributed by atoms with van der Waals surface area (Å²) in [5, 5.41) is 3.00. The van der Waals surface area contributed by atoms with Crippen molar-refractivity contribution in [1.82, 2.24) is 0 Å². The van der Waals surface area contributed by atoms with E-state index in [4.69, 9.17) is 13.8 Å². The van der Waals surface area contributed by atoms with Crippen LogP contribution in [0.5, 0.6) is 0 Å². The van der Waals surface area contributed by atoms with Gasteiger partial charge in [-0.3, -0.25) is 9.36 Å². The number of anilines is 1. The van der Waals surface area contributed by atoms with Crippen molar-refractivity contribution in [2.45, 2.75) is 20.8 Å². The molecule has 24 heavy (non-hydrogen) atoms. The lowest BCUT2D eigenvalue weighted by atomic mass is 10.2. The number of benzene rings is 1. The fraction of sp³-hybridized carbons (Fsp3) is 0.471. The third kappa shape index (κ3) is 7.77. The van der Waals surface area contributed by atoms with Gasteiger partial charge in [0.1, 0.15) is 6.54 Å². The summed E-state index contributed by atoms with van der Waals surface area (Å²) >= 11 is 0. The molecular formula is C17H26NO5P. The predicted molar refractivity (Wildman–Crippen MR) is 96.3 cm³/mol. The van der Waals surface area contributed by atoms with E-state index in [1.807, 2.05) is 30.3 Å². The first-order valence-corrected chi connectivity index (χ1v) is 9.80. The average molecular weight is 355 g/mol. The van der Waals surface area contributed by atoms with Crippen molar-refractivity contribution in [1.29, 1.82) is 0 Å². The van der Waals surface area contributed by atoms with Crippen LogP contribution in [0.15, 0.2) is 30.3 Å². The van der Waals surface area contributed by atoms with Crippen LogP contribution in [0.25, 0.3) is 6.08 Å². The highest BCUT2D eigenvalue weighted by molar-refractivity contribution is 7.54. The molecule has 0 aliphatic rings. The molecule has 0 unspecified atom stereocenters. The SMILES string of the molecule is CCOC(=O)CNc1cccc(/C=C/CP(=O)(OCC)OCC)c1. The number of hydrogen-bond acceptors (Lipinski definition) is 6. The highest BCUT2D eigenvalue weighted by Crippen LogP contribution is 2.47. The fourth-order valence-corrected chi connectivity index (χ4v) is 3.43. The molecule has 0 radical (unpaired) electrons. The minimum absolute atomic E-state index is 0.116. The molecule has 134 valence electrons. The minimum atomic E-state index is -3.07. The summed E-state index contributed by atoms with van der Waals surface area (Å²) < 4.78 is 27.7. The second kappa shape index (κ2) is 11.0. The summed E-state index contributed by atoms with van der Waals surface area (Å²) in [4.78, 5) is 11.3. The Labute approximate surface area is 143 Å². The zero-order valence-electron chi connectivity index (χ0n) is 14.5. The van der Waals surface area contributed by atoms with Gasteiger partial charge in [-0.1, -0.05) is 24.3 Å². The molecule has 1 aromatic rings. The molecule has 0 atom stereocenters. The zero-order chi connectivity index (χ0) is 17.8. The predicted octanol–water partition coefficient (Wildman–Crippen LogP) is 3.94. The Morgan fingerprint density at radius 1 is 1.17 bits per heavy atom. The first-order chi connectivity index (χ1) is 11.5. The molecule has 0 saturated heterocycles. The Morgan fingerprint density at radius 3 is 2.50 bits per heavy atom. The van der Waals surface area contributed by atoms with Crippen LogP contribution in [-0.2, 0) is 23.1 Å².